The Morgan fingerprint density at radius 3 is 2.53 bits per heavy atom. The minimum absolute atomic E-state index is 0.141. The molecule has 2 aromatic heterocycles. The van der Waals surface area contributed by atoms with Gasteiger partial charge < -0.3 is 4.74 Å². The monoisotopic (exact) mass is 438 g/mol. The fourth-order valence-electron chi connectivity index (χ4n) is 3.01. The minimum Gasteiger partial charge on any atom is -0.456 e. The Bertz CT molecular complexity index is 1330. The number of thiazole rings is 1. The van der Waals surface area contributed by atoms with Gasteiger partial charge in [-0.3, -0.25) is 14.0 Å². The first-order valence-electron chi connectivity index (χ1n) is 8.97. The highest BCUT2D eigenvalue weighted by molar-refractivity contribution is 7.15. The van der Waals surface area contributed by atoms with Gasteiger partial charge in [-0.25, -0.2) is 9.78 Å². The average molecular weight is 439 g/mol. The zero-order valence-corrected chi connectivity index (χ0v) is 17.4. The molecule has 0 saturated heterocycles. The molecule has 30 heavy (non-hydrogen) atoms. The number of aryl methyl sites for hydroxylation is 1. The van der Waals surface area contributed by atoms with Gasteiger partial charge in [-0.1, -0.05) is 29.8 Å². The van der Waals surface area contributed by atoms with Crippen molar-refractivity contribution in [3.05, 3.63) is 103 Å². The molecule has 0 aliphatic carbocycles. The van der Waals surface area contributed by atoms with E-state index in [1.165, 1.54) is 27.9 Å². The summed E-state index contributed by atoms with van der Waals surface area (Å²) in [6, 6.07) is 14.2. The van der Waals surface area contributed by atoms with E-state index in [0.717, 1.165) is 5.69 Å². The van der Waals surface area contributed by atoms with Gasteiger partial charge in [0, 0.05) is 33.3 Å². The van der Waals surface area contributed by atoms with Crippen molar-refractivity contribution in [3.63, 3.8) is 0 Å². The standard InChI is InChI=1S/C22H15ClN2O4S/c1-13-12-30-22-24-16(10-19(26)25(13)22)11-29-21(28)18-5-3-2-4-17(18)20(27)14-6-8-15(23)9-7-14/h2-10,12H,11H2,1H3. The normalized spacial score (nSPS) is 10.9. The molecule has 0 saturated carbocycles. The summed E-state index contributed by atoms with van der Waals surface area (Å²) in [5.41, 5.74) is 1.68. The first-order chi connectivity index (χ1) is 14.4. The van der Waals surface area contributed by atoms with Crippen molar-refractivity contribution in [2.75, 3.05) is 0 Å². The van der Waals surface area contributed by atoms with Crippen LogP contribution in [0.25, 0.3) is 4.96 Å². The Kier molecular flexibility index (Phi) is 5.48. The van der Waals surface area contributed by atoms with Crippen molar-refractivity contribution < 1.29 is 14.3 Å². The molecule has 0 aliphatic rings. The fraction of sp³-hybridized carbons (Fsp3) is 0.0909. The molecule has 2 heterocycles. The molecule has 150 valence electrons. The predicted molar refractivity (Wildman–Crippen MR) is 115 cm³/mol. The maximum absolute atomic E-state index is 12.8. The van der Waals surface area contributed by atoms with Gasteiger partial charge in [-0.05, 0) is 37.3 Å². The van der Waals surface area contributed by atoms with Gasteiger partial charge in [-0.15, -0.1) is 11.3 Å². The number of halogens is 1. The molecule has 6 nitrogen and oxygen atoms in total. The van der Waals surface area contributed by atoms with Crippen LogP contribution in [0.3, 0.4) is 0 Å². The Morgan fingerprint density at radius 1 is 1.10 bits per heavy atom. The number of esters is 1. The number of fused-ring (bicyclic) bond motifs is 1. The number of ether oxygens (including phenoxy) is 1. The van der Waals surface area contributed by atoms with E-state index in [-0.39, 0.29) is 29.1 Å². The van der Waals surface area contributed by atoms with E-state index in [1.807, 2.05) is 12.3 Å². The number of benzene rings is 2. The summed E-state index contributed by atoms with van der Waals surface area (Å²) >= 11 is 7.21. The van der Waals surface area contributed by atoms with E-state index in [0.29, 0.717) is 21.2 Å². The lowest BCUT2D eigenvalue weighted by Gasteiger charge is -2.09. The second-order valence-corrected chi connectivity index (χ2v) is 7.81. The first-order valence-corrected chi connectivity index (χ1v) is 10.2. The molecular weight excluding hydrogens is 424 g/mol. The van der Waals surface area contributed by atoms with E-state index in [2.05, 4.69) is 4.98 Å². The van der Waals surface area contributed by atoms with Crippen molar-refractivity contribution in [2.45, 2.75) is 13.5 Å². The van der Waals surface area contributed by atoms with Crippen LogP contribution in [0.1, 0.15) is 37.7 Å². The molecule has 4 rings (SSSR count). The SMILES string of the molecule is Cc1csc2nc(COC(=O)c3ccccc3C(=O)c3ccc(Cl)cc3)cc(=O)n12. The lowest BCUT2D eigenvalue weighted by Crippen LogP contribution is -2.17. The fourth-order valence-corrected chi connectivity index (χ4v) is 4.02. The maximum atomic E-state index is 12.8. The molecule has 0 amide bonds. The van der Waals surface area contributed by atoms with Crippen molar-refractivity contribution in [1.82, 2.24) is 9.38 Å². The van der Waals surface area contributed by atoms with E-state index in [9.17, 15) is 14.4 Å². The first kappa shape index (κ1) is 20.0. The molecule has 0 bridgehead atoms. The van der Waals surface area contributed by atoms with Gasteiger partial charge in [0.25, 0.3) is 5.56 Å². The lowest BCUT2D eigenvalue weighted by molar-refractivity contribution is 0.0465. The second-order valence-electron chi connectivity index (χ2n) is 6.54. The third kappa shape index (κ3) is 3.90. The van der Waals surface area contributed by atoms with Gasteiger partial charge in [0.1, 0.15) is 6.61 Å². The van der Waals surface area contributed by atoms with Crippen LogP contribution in [0.15, 0.2) is 64.8 Å². The summed E-state index contributed by atoms with van der Waals surface area (Å²) in [6.45, 7) is 1.64. The number of nitrogens with zero attached hydrogens (tertiary/aromatic N) is 2. The van der Waals surface area contributed by atoms with Crippen molar-refractivity contribution in [2.24, 2.45) is 0 Å². The summed E-state index contributed by atoms with van der Waals surface area (Å²) in [7, 11) is 0. The van der Waals surface area contributed by atoms with Gasteiger partial charge in [-0.2, -0.15) is 0 Å². The van der Waals surface area contributed by atoms with Gasteiger partial charge in [0.15, 0.2) is 10.7 Å². The number of hydrogen-bond donors (Lipinski definition) is 0. The summed E-state index contributed by atoms with van der Waals surface area (Å²) in [4.78, 5) is 42.7. The number of rotatable bonds is 5. The van der Waals surface area contributed by atoms with Crippen LogP contribution in [0.2, 0.25) is 5.02 Å². The highest BCUT2D eigenvalue weighted by Gasteiger charge is 2.19. The predicted octanol–water partition coefficient (Wildman–Crippen LogP) is 4.31. The van der Waals surface area contributed by atoms with Crippen molar-refractivity contribution in [3.8, 4) is 0 Å². The third-order valence-electron chi connectivity index (χ3n) is 4.48. The van der Waals surface area contributed by atoms with Crippen LogP contribution in [-0.2, 0) is 11.3 Å². The van der Waals surface area contributed by atoms with E-state index < -0.39 is 5.97 Å². The van der Waals surface area contributed by atoms with Crippen LogP contribution >= 0.6 is 22.9 Å². The van der Waals surface area contributed by atoms with E-state index >= 15 is 0 Å². The Hall–Kier alpha value is -3.29. The quantitative estimate of drug-likeness (QED) is 0.343. The molecule has 0 atom stereocenters. The highest BCUT2D eigenvalue weighted by atomic mass is 35.5. The minimum atomic E-state index is -0.669. The van der Waals surface area contributed by atoms with E-state index in [1.54, 1.807) is 42.5 Å². The molecule has 4 aromatic rings. The number of ketones is 1. The number of aromatic nitrogens is 2. The van der Waals surface area contributed by atoms with Crippen molar-refractivity contribution >= 4 is 39.7 Å². The molecule has 2 aromatic carbocycles. The van der Waals surface area contributed by atoms with Crippen LogP contribution < -0.4 is 5.56 Å². The molecule has 0 aliphatic heterocycles. The Labute approximate surface area is 180 Å². The topological polar surface area (TPSA) is 77.7 Å². The van der Waals surface area contributed by atoms with Crippen LogP contribution in [0.4, 0.5) is 0 Å². The Morgan fingerprint density at radius 2 is 1.80 bits per heavy atom. The summed E-state index contributed by atoms with van der Waals surface area (Å²) < 4.78 is 6.85. The summed E-state index contributed by atoms with van der Waals surface area (Å²) in [6.07, 6.45) is 0. The van der Waals surface area contributed by atoms with Gasteiger partial charge >= 0.3 is 5.97 Å². The van der Waals surface area contributed by atoms with Crippen molar-refractivity contribution in [1.29, 1.82) is 0 Å². The molecule has 0 fully saturated rings. The van der Waals surface area contributed by atoms with Crippen LogP contribution in [-0.4, -0.2) is 21.1 Å². The zero-order valence-electron chi connectivity index (χ0n) is 15.8. The van der Waals surface area contributed by atoms with Gasteiger partial charge in [0.05, 0.1) is 11.3 Å². The highest BCUT2D eigenvalue weighted by Crippen LogP contribution is 2.18. The number of hydrogen-bond acceptors (Lipinski definition) is 6. The summed E-state index contributed by atoms with van der Waals surface area (Å²) in [5, 5.41) is 2.35. The molecule has 0 spiro atoms. The third-order valence-corrected chi connectivity index (χ3v) is 5.67. The molecule has 0 N–H and O–H groups in total. The molecule has 8 heteroatoms. The molecule has 0 radical (unpaired) electrons. The number of carbonyl (C=O) groups excluding carboxylic acids is 2. The largest absolute Gasteiger partial charge is 0.456 e. The maximum Gasteiger partial charge on any atom is 0.339 e. The lowest BCUT2D eigenvalue weighted by atomic mass is 9.98. The van der Waals surface area contributed by atoms with Crippen LogP contribution in [0, 0.1) is 6.92 Å². The van der Waals surface area contributed by atoms with Gasteiger partial charge in [0.2, 0.25) is 0 Å². The summed E-state index contributed by atoms with van der Waals surface area (Å²) in [5.74, 6) is -0.983. The molecular formula is C22H15ClN2O4S. The molecule has 0 unspecified atom stereocenters. The Balaban J connectivity index is 1.56. The smallest absolute Gasteiger partial charge is 0.339 e. The van der Waals surface area contributed by atoms with E-state index in [4.69, 9.17) is 16.3 Å². The second kappa shape index (κ2) is 8.22. The zero-order chi connectivity index (χ0) is 21.3. The van der Waals surface area contributed by atoms with Crippen LogP contribution in [0.5, 0.6) is 0 Å². The average Bonchev–Trinajstić information content (AvgIpc) is 3.13. The number of carbonyl (C=O) groups is 2.